The van der Waals surface area contributed by atoms with Crippen LogP contribution in [0.1, 0.15) is 18.9 Å². The number of carbonyl (C=O) groups is 1. The number of halogens is 3. The molecule has 0 aliphatic rings. The maximum Gasteiger partial charge on any atom is 0.416 e. The molecular weight excluding hydrogens is 569 g/mol. The van der Waals surface area contributed by atoms with Gasteiger partial charge in [0.25, 0.3) is 0 Å². The van der Waals surface area contributed by atoms with Crippen LogP contribution in [0.3, 0.4) is 0 Å². The van der Waals surface area contributed by atoms with Gasteiger partial charge in [0.05, 0.1) is 39.9 Å². The highest BCUT2D eigenvalue weighted by molar-refractivity contribution is 7.18. The summed E-state index contributed by atoms with van der Waals surface area (Å²) < 4.78 is 47.3. The zero-order valence-corrected chi connectivity index (χ0v) is 23.3. The lowest BCUT2D eigenvalue weighted by atomic mass is 10.1. The lowest BCUT2D eigenvalue weighted by Gasteiger charge is -2.15. The molecule has 14 heteroatoms. The van der Waals surface area contributed by atoms with Crippen molar-refractivity contribution in [3.63, 3.8) is 0 Å². The molecule has 0 radical (unpaired) electrons. The largest absolute Gasteiger partial charge is 0.424 e. The van der Waals surface area contributed by atoms with Gasteiger partial charge in [-0.3, -0.25) is 4.68 Å². The number of ether oxygens (including phenoxy) is 1. The fraction of sp³-hybridized carbons (Fsp3) is 0.179. The molecule has 2 amide bonds. The number of nitrogens with zero attached hydrogens (tertiary/aromatic N) is 5. The number of aryl methyl sites for hydroxylation is 1. The van der Waals surface area contributed by atoms with Crippen LogP contribution in [0.4, 0.5) is 34.5 Å². The molecule has 216 valence electrons. The number of aromatic nitrogens is 5. The Kier molecular flexibility index (Phi) is 8.33. The minimum Gasteiger partial charge on any atom is -0.424 e. The fourth-order valence-electron chi connectivity index (χ4n) is 3.92. The standard InChI is InChI=1S/C28H25F3N8O2S/c1-3-11-32-27-35-16-24(42-27)17-4-7-20(8-5-17)41-26-33-14-19(15-34-26)37-25(40)38-22-13-18(28(29,30)31)6-9-21(22)23-10-12-36-39(23)2/h4-10,12-16H,3,11H2,1-2H3,(H,32,35)(H2,37,38,40). The van der Waals surface area contributed by atoms with E-state index in [9.17, 15) is 18.0 Å². The summed E-state index contributed by atoms with van der Waals surface area (Å²) in [6, 6.07) is 11.4. The zero-order valence-electron chi connectivity index (χ0n) is 22.4. The summed E-state index contributed by atoms with van der Waals surface area (Å²) in [5, 5.41) is 13.2. The maximum absolute atomic E-state index is 13.4. The van der Waals surface area contributed by atoms with Crippen LogP contribution in [0.15, 0.2) is 73.3 Å². The quantitative estimate of drug-likeness (QED) is 0.164. The molecule has 5 rings (SSSR count). The molecule has 0 aliphatic carbocycles. The number of carbonyl (C=O) groups excluding carboxylic acids is 1. The van der Waals surface area contributed by atoms with E-state index in [1.54, 1.807) is 36.6 Å². The van der Waals surface area contributed by atoms with Crippen LogP contribution >= 0.6 is 11.3 Å². The third kappa shape index (κ3) is 6.83. The highest BCUT2D eigenvalue weighted by atomic mass is 32.1. The van der Waals surface area contributed by atoms with Crippen LogP contribution in [0, 0.1) is 0 Å². The van der Waals surface area contributed by atoms with E-state index in [0.717, 1.165) is 40.7 Å². The van der Waals surface area contributed by atoms with Gasteiger partial charge in [0, 0.05) is 31.5 Å². The van der Waals surface area contributed by atoms with Crippen LogP contribution in [0.2, 0.25) is 0 Å². The summed E-state index contributed by atoms with van der Waals surface area (Å²) in [6.45, 7) is 2.96. The summed E-state index contributed by atoms with van der Waals surface area (Å²) >= 11 is 1.56. The molecule has 3 heterocycles. The van der Waals surface area contributed by atoms with E-state index < -0.39 is 17.8 Å². The maximum atomic E-state index is 13.4. The zero-order chi connectivity index (χ0) is 29.7. The van der Waals surface area contributed by atoms with Gasteiger partial charge in [-0.05, 0) is 54.4 Å². The SMILES string of the molecule is CCCNc1ncc(-c2ccc(Oc3ncc(NC(=O)Nc4cc(C(F)(F)F)ccc4-c4ccnn4C)cn3)cc2)s1. The Hall–Kier alpha value is -4.98. The van der Waals surface area contributed by atoms with E-state index >= 15 is 0 Å². The first-order chi connectivity index (χ1) is 20.2. The van der Waals surface area contributed by atoms with Crippen LogP contribution in [-0.4, -0.2) is 37.3 Å². The van der Waals surface area contributed by atoms with Crippen molar-refractivity contribution in [3.8, 4) is 33.5 Å². The molecule has 0 atom stereocenters. The molecule has 0 aliphatic heterocycles. The van der Waals surface area contributed by atoms with Gasteiger partial charge in [-0.15, -0.1) is 0 Å². The lowest BCUT2D eigenvalue weighted by Crippen LogP contribution is -2.21. The summed E-state index contributed by atoms with van der Waals surface area (Å²) in [7, 11) is 1.65. The van der Waals surface area contributed by atoms with Gasteiger partial charge < -0.3 is 20.7 Å². The second-order valence-corrected chi connectivity index (χ2v) is 10.0. The van der Waals surface area contributed by atoms with Gasteiger partial charge in [0.1, 0.15) is 5.75 Å². The molecule has 5 aromatic rings. The number of rotatable bonds is 9. The monoisotopic (exact) mass is 594 g/mol. The van der Waals surface area contributed by atoms with E-state index in [-0.39, 0.29) is 17.4 Å². The number of thiazole rings is 1. The van der Waals surface area contributed by atoms with Crippen LogP contribution in [0.25, 0.3) is 21.7 Å². The number of urea groups is 1. The Morgan fingerprint density at radius 2 is 1.76 bits per heavy atom. The van der Waals surface area contributed by atoms with Crippen molar-refractivity contribution in [2.24, 2.45) is 7.05 Å². The summed E-state index contributed by atoms with van der Waals surface area (Å²) in [4.78, 5) is 26.3. The summed E-state index contributed by atoms with van der Waals surface area (Å²) in [5.41, 5.74) is 1.15. The average molecular weight is 595 g/mol. The van der Waals surface area contributed by atoms with Crippen LogP contribution < -0.4 is 20.7 Å². The first-order valence-corrected chi connectivity index (χ1v) is 13.6. The molecular formula is C28H25F3N8O2S. The number of amides is 2. The van der Waals surface area contributed by atoms with E-state index in [1.165, 1.54) is 29.3 Å². The first kappa shape index (κ1) is 28.5. The summed E-state index contributed by atoms with van der Waals surface area (Å²) in [5.74, 6) is 0.512. The Morgan fingerprint density at radius 1 is 1.00 bits per heavy atom. The Bertz CT molecular complexity index is 1670. The molecule has 3 N–H and O–H groups in total. The Balaban J connectivity index is 1.22. The smallest absolute Gasteiger partial charge is 0.416 e. The normalized spacial score (nSPS) is 11.3. The Morgan fingerprint density at radius 3 is 2.43 bits per heavy atom. The molecule has 3 aromatic heterocycles. The van der Waals surface area contributed by atoms with Crippen LogP contribution in [0.5, 0.6) is 11.8 Å². The minimum absolute atomic E-state index is 0.0398. The molecule has 0 unspecified atom stereocenters. The number of nitrogens with one attached hydrogen (secondary N) is 3. The molecule has 42 heavy (non-hydrogen) atoms. The topological polar surface area (TPSA) is 119 Å². The van der Waals surface area contributed by atoms with Gasteiger partial charge in [-0.2, -0.15) is 18.3 Å². The fourth-order valence-corrected chi connectivity index (χ4v) is 4.76. The van der Waals surface area contributed by atoms with Crippen molar-refractivity contribution >= 4 is 33.9 Å². The number of hydrogen-bond donors (Lipinski definition) is 3. The van der Waals surface area contributed by atoms with Gasteiger partial charge in [0.2, 0.25) is 0 Å². The third-order valence-electron chi connectivity index (χ3n) is 5.96. The van der Waals surface area contributed by atoms with Crippen molar-refractivity contribution in [2.75, 3.05) is 22.5 Å². The molecule has 0 bridgehead atoms. The van der Waals surface area contributed by atoms with E-state index in [2.05, 4.69) is 42.9 Å². The van der Waals surface area contributed by atoms with Crippen molar-refractivity contribution in [3.05, 3.63) is 78.9 Å². The van der Waals surface area contributed by atoms with Gasteiger partial charge in [-0.25, -0.2) is 19.7 Å². The van der Waals surface area contributed by atoms with Crippen molar-refractivity contribution in [1.82, 2.24) is 24.7 Å². The number of anilines is 3. The van der Waals surface area contributed by atoms with Crippen molar-refractivity contribution in [1.29, 1.82) is 0 Å². The molecule has 0 saturated carbocycles. The van der Waals surface area contributed by atoms with Crippen molar-refractivity contribution < 1.29 is 22.7 Å². The third-order valence-corrected chi connectivity index (χ3v) is 6.96. The van der Waals surface area contributed by atoms with E-state index in [0.29, 0.717) is 17.0 Å². The van der Waals surface area contributed by atoms with Gasteiger partial charge in [0.15, 0.2) is 5.13 Å². The highest BCUT2D eigenvalue weighted by Gasteiger charge is 2.31. The molecule has 0 fully saturated rings. The minimum atomic E-state index is -4.59. The molecule has 10 nitrogen and oxygen atoms in total. The van der Waals surface area contributed by atoms with E-state index in [1.807, 2.05) is 18.3 Å². The summed E-state index contributed by atoms with van der Waals surface area (Å²) in [6.07, 6.45) is 2.41. The molecule has 0 saturated heterocycles. The number of hydrogen-bond acceptors (Lipinski definition) is 8. The second kappa shape index (κ2) is 12.3. The molecule has 0 spiro atoms. The lowest BCUT2D eigenvalue weighted by molar-refractivity contribution is -0.137. The van der Waals surface area contributed by atoms with Crippen molar-refractivity contribution in [2.45, 2.75) is 19.5 Å². The van der Waals surface area contributed by atoms with Gasteiger partial charge in [-0.1, -0.05) is 24.3 Å². The second-order valence-electron chi connectivity index (χ2n) is 9.01. The van der Waals surface area contributed by atoms with E-state index in [4.69, 9.17) is 4.74 Å². The number of benzene rings is 2. The van der Waals surface area contributed by atoms with Crippen LogP contribution in [-0.2, 0) is 13.2 Å². The predicted molar refractivity (Wildman–Crippen MR) is 155 cm³/mol. The number of alkyl halides is 3. The Labute approximate surface area is 242 Å². The first-order valence-electron chi connectivity index (χ1n) is 12.8. The predicted octanol–water partition coefficient (Wildman–Crippen LogP) is 7.28. The molecule has 2 aromatic carbocycles. The highest BCUT2D eigenvalue weighted by Crippen LogP contribution is 2.36. The average Bonchev–Trinajstić information content (AvgIpc) is 3.62. The van der Waals surface area contributed by atoms with Gasteiger partial charge >= 0.3 is 18.2 Å².